The highest BCUT2D eigenvalue weighted by atomic mass is 35.5. The largest absolute Gasteiger partial charge is 0.480 e. The van der Waals surface area contributed by atoms with Gasteiger partial charge in [-0.2, -0.15) is 0 Å². The molecule has 0 radical (unpaired) electrons. The molecule has 0 aliphatic carbocycles. The van der Waals surface area contributed by atoms with Crippen molar-refractivity contribution in [2.24, 2.45) is 0 Å². The van der Waals surface area contributed by atoms with Crippen LogP contribution in [0.5, 0.6) is 0 Å². The third-order valence-electron chi connectivity index (χ3n) is 2.74. The van der Waals surface area contributed by atoms with Crippen molar-refractivity contribution in [3.63, 3.8) is 0 Å². The van der Waals surface area contributed by atoms with E-state index in [1.807, 2.05) is 19.9 Å². The number of benzene rings is 1. The number of hydrogen-bond acceptors (Lipinski definition) is 3. The minimum absolute atomic E-state index is 0. The molecule has 118 valence electrons. The van der Waals surface area contributed by atoms with E-state index in [1.165, 1.54) is 0 Å². The molecule has 0 aromatic heterocycles. The van der Waals surface area contributed by atoms with Crippen molar-refractivity contribution >= 4 is 41.6 Å². The summed E-state index contributed by atoms with van der Waals surface area (Å²) >= 11 is 5.89. The van der Waals surface area contributed by atoms with Crippen molar-refractivity contribution in [3.05, 3.63) is 28.8 Å². The molecule has 7 heteroatoms. The number of carboxylic acid groups (broad SMARTS) is 1. The van der Waals surface area contributed by atoms with Crippen molar-refractivity contribution in [2.45, 2.75) is 20.3 Å². The lowest BCUT2D eigenvalue weighted by Crippen LogP contribution is -2.37. The monoisotopic (exact) mass is 334 g/mol. The van der Waals surface area contributed by atoms with Crippen LogP contribution in [0.15, 0.2) is 18.2 Å². The zero-order chi connectivity index (χ0) is 15.1. The summed E-state index contributed by atoms with van der Waals surface area (Å²) in [4.78, 5) is 24.3. The third-order valence-corrected chi connectivity index (χ3v) is 2.97. The number of aryl methyl sites for hydroxylation is 1. The number of amides is 1. The summed E-state index contributed by atoms with van der Waals surface area (Å²) in [6.45, 7) is 4.27. The number of halogens is 2. The van der Waals surface area contributed by atoms with Gasteiger partial charge in [-0.05, 0) is 37.6 Å². The summed E-state index contributed by atoms with van der Waals surface area (Å²) in [7, 11) is 0. The molecular weight excluding hydrogens is 315 g/mol. The third kappa shape index (κ3) is 7.32. The number of hydrogen-bond donors (Lipinski definition) is 2. The highest BCUT2D eigenvalue weighted by molar-refractivity contribution is 6.31. The Hall–Kier alpha value is -1.30. The van der Waals surface area contributed by atoms with Crippen LogP contribution in [0.1, 0.15) is 18.9 Å². The molecule has 0 aliphatic heterocycles. The second kappa shape index (κ2) is 9.60. The fourth-order valence-electron chi connectivity index (χ4n) is 1.84. The Morgan fingerprint density at radius 3 is 2.57 bits per heavy atom. The average molecular weight is 335 g/mol. The normalized spacial score (nSPS) is 10.1. The van der Waals surface area contributed by atoms with Crippen LogP contribution in [-0.2, 0) is 9.59 Å². The standard InChI is InChI=1S/C14H19ClN2O3.ClH/c1-3-6-17(9-14(19)20)8-13(18)16-12-7-11(15)5-4-10(12)2;/h4-5,7H,3,6,8-9H2,1-2H3,(H,16,18)(H,19,20);1H. The highest BCUT2D eigenvalue weighted by Crippen LogP contribution is 2.20. The molecule has 1 rings (SSSR count). The molecule has 0 saturated carbocycles. The maximum atomic E-state index is 12.0. The molecule has 0 fully saturated rings. The lowest BCUT2D eigenvalue weighted by atomic mass is 10.2. The van der Waals surface area contributed by atoms with Gasteiger partial charge >= 0.3 is 5.97 Å². The van der Waals surface area contributed by atoms with E-state index in [2.05, 4.69) is 5.32 Å². The van der Waals surface area contributed by atoms with E-state index >= 15 is 0 Å². The SMILES string of the molecule is CCCN(CC(=O)O)CC(=O)Nc1cc(Cl)ccc1C.Cl. The van der Waals surface area contributed by atoms with Crippen molar-refractivity contribution in [3.8, 4) is 0 Å². The van der Waals surface area contributed by atoms with E-state index in [0.29, 0.717) is 17.3 Å². The van der Waals surface area contributed by atoms with Crippen LogP contribution in [0.2, 0.25) is 5.02 Å². The van der Waals surface area contributed by atoms with Crippen molar-refractivity contribution in [2.75, 3.05) is 25.0 Å². The number of carboxylic acids is 1. The molecule has 5 nitrogen and oxygen atoms in total. The number of nitrogens with zero attached hydrogens (tertiary/aromatic N) is 1. The Bertz CT molecular complexity index is 495. The predicted molar refractivity (Wildman–Crippen MR) is 86.4 cm³/mol. The van der Waals surface area contributed by atoms with E-state index in [4.69, 9.17) is 16.7 Å². The van der Waals surface area contributed by atoms with Gasteiger partial charge in [-0.3, -0.25) is 14.5 Å². The number of rotatable bonds is 7. The summed E-state index contributed by atoms with van der Waals surface area (Å²) < 4.78 is 0. The molecule has 1 amide bonds. The number of carbonyl (C=O) groups excluding carboxylic acids is 1. The van der Waals surface area contributed by atoms with Crippen LogP contribution < -0.4 is 5.32 Å². The van der Waals surface area contributed by atoms with Gasteiger partial charge in [0.1, 0.15) is 0 Å². The van der Waals surface area contributed by atoms with Crippen LogP contribution in [0, 0.1) is 6.92 Å². The molecule has 0 bridgehead atoms. The first-order chi connectivity index (χ1) is 9.42. The van der Waals surface area contributed by atoms with E-state index in [1.54, 1.807) is 17.0 Å². The zero-order valence-corrected chi connectivity index (χ0v) is 13.6. The van der Waals surface area contributed by atoms with Crippen molar-refractivity contribution in [1.29, 1.82) is 0 Å². The summed E-state index contributed by atoms with van der Waals surface area (Å²) in [5.74, 6) is -1.18. The second-order valence-corrected chi connectivity index (χ2v) is 5.05. The van der Waals surface area contributed by atoms with Crippen LogP contribution in [0.25, 0.3) is 0 Å². The fourth-order valence-corrected chi connectivity index (χ4v) is 2.02. The molecule has 2 N–H and O–H groups in total. The average Bonchev–Trinajstić information content (AvgIpc) is 2.33. The van der Waals surface area contributed by atoms with E-state index in [-0.39, 0.29) is 31.4 Å². The van der Waals surface area contributed by atoms with Crippen LogP contribution in [0.4, 0.5) is 5.69 Å². The number of nitrogens with one attached hydrogen (secondary N) is 1. The van der Waals surface area contributed by atoms with Crippen LogP contribution in [0.3, 0.4) is 0 Å². The zero-order valence-electron chi connectivity index (χ0n) is 12.1. The fraction of sp³-hybridized carbons (Fsp3) is 0.429. The first-order valence-corrected chi connectivity index (χ1v) is 6.80. The Balaban J connectivity index is 0.00000400. The van der Waals surface area contributed by atoms with Gasteiger partial charge in [-0.25, -0.2) is 0 Å². The van der Waals surface area contributed by atoms with Gasteiger partial charge in [-0.15, -0.1) is 12.4 Å². The van der Waals surface area contributed by atoms with Gasteiger partial charge in [0.25, 0.3) is 0 Å². The van der Waals surface area contributed by atoms with Crippen LogP contribution >= 0.6 is 24.0 Å². The lowest BCUT2D eigenvalue weighted by Gasteiger charge is -2.19. The molecule has 0 atom stereocenters. The quantitative estimate of drug-likeness (QED) is 0.804. The first-order valence-electron chi connectivity index (χ1n) is 6.42. The minimum atomic E-state index is -0.940. The van der Waals surface area contributed by atoms with Gasteiger partial charge in [0, 0.05) is 10.7 Å². The number of carbonyl (C=O) groups is 2. The van der Waals surface area contributed by atoms with E-state index in [9.17, 15) is 9.59 Å². The molecule has 1 aromatic carbocycles. The smallest absolute Gasteiger partial charge is 0.317 e. The Morgan fingerprint density at radius 1 is 1.33 bits per heavy atom. The Morgan fingerprint density at radius 2 is 2.00 bits per heavy atom. The van der Waals surface area contributed by atoms with E-state index in [0.717, 1.165) is 12.0 Å². The Kier molecular flexibility index (Phi) is 9.01. The number of anilines is 1. The molecule has 0 unspecified atom stereocenters. The topological polar surface area (TPSA) is 69.6 Å². The molecule has 1 aromatic rings. The molecular formula is C14H20Cl2N2O3. The summed E-state index contributed by atoms with van der Waals surface area (Å²) in [5.41, 5.74) is 1.55. The minimum Gasteiger partial charge on any atom is -0.480 e. The van der Waals surface area contributed by atoms with E-state index < -0.39 is 5.97 Å². The van der Waals surface area contributed by atoms with Gasteiger partial charge < -0.3 is 10.4 Å². The molecule has 21 heavy (non-hydrogen) atoms. The van der Waals surface area contributed by atoms with Gasteiger partial charge in [-0.1, -0.05) is 24.6 Å². The summed E-state index contributed by atoms with van der Waals surface area (Å²) in [5, 5.41) is 12.1. The summed E-state index contributed by atoms with van der Waals surface area (Å²) in [6.07, 6.45) is 0.788. The highest BCUT2D eigenvalue weighted by Gasteiger charge is 2.14. The maximum absolute atomic E-state index is 12.0. The lowest BCUT2D eigenvalue weighted by molar-refractivity contribution is -0.138. The predicted octanol–water partition coefficient (Wildman–Crippen LogP) is 2.81. The number of aliphatic carboxylic acids is 1. The van der Waals surface area contributed by atoms with Gasteiger partial charge in [0.05, 0.1) is 13.1 Å². The molecule has 0 saturated heterocycles. The first kappa shape index (κ1) is 19.7. The van der Waals surface area contributed by atoms with Crippen molar-refractivity contribution < 1.29 is 14.7 Å². The molecule has 0 heterocycles. The van der Waals surface area contributed by atoms with Crippen LogP contribution in [-0.4, -0.2) is 41.5 Å². The second-order valence-electron chi connectivity index (χ2n) is 4.61. The maximum Gasteiger partial charge on any atom is 0.317 e. The van der Waals surface area contributed by atoms with Gasteiger partial charge in [0.2, 0.25) is 5.91 Å². The van der Waals surface area contributed by atoms with Gasteiger partial charge in [0.15, 0.2) is 0 Å². The molecule has 0 aliphatic rings. The molecule has 0 spiro atoms. The van der Waals surface area contributed by atoms with Crippen molar-refractivity contribution in [1.82, 2.24) is 4.90 Å². The Labute approximate surface area is 135 Å². The summed E-state index contributed by atoms with van der Waals surface area (Å²) in [6, 6.07) is 5.25.